The molecule has 2 aliphatic heterocycles. The van der Waals surface area contributed by atoms with Crippen molar-refractivity contribution in [2.24, 2.45) is 0 Å². The van der Waals surface area contributed by atoms with Crippen LogP contribution in [0.1, 0.15) is 24.0 Å². The van der Waals surface area contributed by atoms with Crippen LogP contribution in [0.5, 0.6) is 0 Å². The molecule has 4 rings (SSSR count). The number of para-hydroxylation sites is 1. The molecule has 2 amide bonds. The Labute approximate surface area is 151 Å². The highest BCUT2D eigenvalue weighted by Crippen LogP contribution is 2.54. The van der Waals surface area contributed by atoms with Crippen molar-refractivity contribution in [3.8, 4) is 0 Å². The quantitative estimate of drug-likeness (QED) is 0.919. The van der Waals surface area contributed by atoms with Gasteiger partial charge in [0.15, 0.2) is 0 Å². The first-order valence-corrected chi connectivity index (χ1v) is 9.48. The summed E-state index contributed by atoms with van der Waals surface area (Å²) in [5.41, 5.74) is 2.93. The van der Waals surface area contributed by atoms with Gasteiger partial charge in [-0.25, -0.2) is 0 Å². The van der Waals surface area contributed by atoms with Crippen LogP contribution in [-0.2, 0) is 14.5 Å². The van der Waals surface area contributed by atoms with Gasteiger partial charge in [-0.3, -0.25) is 9.59 Å². The zero-order chi connectivity index (χ0) is 17.4. The van der Waals surface area contributed by atoms with Crippen molar-refractivity contribution in [2.45, 2.75) is 30.7 Å². The molecule has 0 saturated carbocycles. The molecule has 5 heteroatoms. The first-order valence-electron chi connectivity index (χ1n) is 8.50. The first-order chi connectivity index (χ1) is 12.1. The average molecular weight is 352 g/mol. The number of fused-ring (bicyclic) bond motifs is 1. The van der Waals surface area contributed by atoms with E-state index in [2.05, 4.69) is 17.4 Å². The van der Waals surface area contributed by atoms with Gasteiger partial charge in [0.05, 0.1) is 0 Å². The van der Waals surface area contributed by atoms with Gasteiger partial charge < -0.3 is 10.2 Å². The van der Waals surface area contributed by atoms with Crippen molar-refractivity contribution in [1.29, 1.82) is 0 Å². The topological polar surface area (TPSA) is 49.4 Å². The predicted molar refractivity (Wildman–Crippen MR) is 100 cm³/mol. The largest absolute Gasteiger partial charge is 0.324 e. The van der Waals surface area contributed by atoms with Gasteiger partial charge in [-0.15, -0.1) is 11.8 Å². The molecule has 4 nitrogen and oxygen atoms in total. The lowest BCUT2D eigenvalue weighted by Gasteiger charge is -2.34. The van der Waals surface area contributed by atoms with Gasteiger partial charge in [0.2, 0.25) is 11.8 Å². The van der Waals surface area contributed by atoms with E-state index in [1.54, 1.807) is 11.8 Å². The minimum atomic E-state index is -0.431. The Balaban J connectivity index is 1.63. The van der Waals surface area contributed by atoms with Crippen molar-refractivity contribution in [3.63, 3.8) is 0 Å². The second kappa shape index (κ2) is 6.23. The van der Waals surface area contributed by atoms with Crippen LogP contribution in [0.3, 0.4) is 0 Å². The molecule has 0 aromatic heterocycles. The fourth-order valence-corrected chi connectivity index (χ4v) is 5.42. The van der Waals surface area contributed by atoms with Gasteiger partial charge in [-0.2, -0.15) is 0 Å². The van der Waals surface area contributed by atoms with Crippen LogP contribution in [0.25, 0.3) is 0 Å². The molecule has 2 atom stereocenters. The zero-order valence-corrected chi connectivity index (χ0v) is 14.9. The Morgan fingerprint density at radius 3 is 2.64 bits per heavy atom. The van der Waals surface area contributed by atoms with Crippen LogP contribution in [0.15, 0.2) is 54.6 Å². The lowest BCUT2D eigenvalue weighted by molar-refractivity contribution is -0.136. The SMILES string of the molecule is Cc1ccccc1NC(=O)[C@@H]1CS[C@@]2(c3ccccc3)CCC(=O)N12. The van der Waals surface area contributed by atoms with Crippen LogP contribution in [0.2, 0.25) is 0 Å². The fourth-order valence-electron chi connectivity index (χ4n) is 3.76. The number of aryl methyl sites for hydroxylation is 1. The van der Waals surface area contributed by atoms with E-state index in [1.165, 1.54) is 0 Å². The Kier molecular flexibility index (Phi) is 4.04. The lowest BCUT2D eigenvalue weighted by atomic mass is 10.0. The highest BCUT2D eigenvalue weighted by Gasteiger charge is 2.56. The molecule has 0 aliphatic carbocycles. The van der Waals surface area contributed by atoms with Gasteiger partial charge in [-0.1, -0.05) is 48.5 Å². The summed E-state index contributed by atoms with van der Waals surface area (Å²) in [7, 11) is 0. The van der Waals surface area contributed by atoms with Crippen LogP contribution >= 0.6 is 11.8 Å². The highest BCUT2D eigenvalue weighted by atomic mass is 32.2. The van der Waals surface area contributed by atoms with Crippen molar-refractivity contribution in [1.82, 2.24) is 4.90 Å². The number of benzene rings is 2. The summed E-state index contributed by atoms with van der Waals surface area (Å²) in [6, 6.07) is 17.4. The van der Waals surface area contributed by atoms with Crippen molar-refractivity contribution >= 4 is 29.3 Å². The van der Waals surface area contributed by atoms with E-state index in [0.29, 0.717) is 12.2 Å². The van der Waals surface area contributed by atoms with E-state index in [4.69, 9.17) is 0 Å². The maximum absolute atomic E-state index is 12.9. The second-order valence-electron chi connectivity index (χ2n) is 6.55. The van der Waals surface area contributed by atoms with Crippen LogP contribution in [0, 0.1) is 6.92 Å². The molecule has 2 saturated heterocycles. The molecule has 0 bridgehead atoms. The summed E-state index contributed by atoms with van der Waals surface area (Å²) in [4.78, 5) is 26.9. The third-order valence-corrected chi connectivity index (χ3v) is 6.65. The van der Waals surface area contributed by atoms with Gasteiger partial charge in [0, 0.05) is 17.9 Å². The van der Waals surface area contributed by atoms with Crippen molar-refractivity contribution in [3.05, 3.63) is 65.7 Å². The smallest absolute Gasteiger partial charge is 0.248 e. The summed E-state index contributed by atoms with van der Waals surface area (Å²) >= 11 is 1.71. The number of rotatable bonds is 3. The Morgan fingerprint density at radius 1 is 1.16 bits per heavy atom. The van der Waals surface area contributed by atoms with E-state index in [0.717, 1.165) is 23.2 Å². The maximum atomic E-state index is 12.9. The predicted octanol–water partition coefficient (Wildman–Crippen LogP) is 3.52. The highest BCUT2D eigenvalue weighted by molar-refractivity contribution is 8.00. The second-order valence-corrected chi connectivity index (χ2v) is 7.84. The first kappa shape index (κ1) is 16.2. The molecular formula is C20H20N2O2S. The number of hydrogen-bond donors (Lipinski definition) is 1. The van der Waals surface area contributed by atoms with Crippen molar-refractivity contribution in [2.75, 3.05) is 11.1 Å². The zero-order valence-electron chi connectivity index (χ0n) is 14.1. The summed E-state index contributed by atoms with van der Waals surface area (Å²) in [6.07, 6.45) is 1.25. The van der Waals surface area contributed by atoms with Crippen LogP contribution < -0.4 is 5.32 Å². The van der Waals surface area contributed by atoms with E-state index < -0.39 is 10.9 Å². The third-order valence-electron chi connectivity index (χ3n) is 5.06. The molecule has 0 spiro atoms. The molecule has 128 valence electrons. The Bertz CT molecular complexity index is 823. The number of carbonyl (C=O) groups excluding carboxylic acids is 2. The molecule has 25 heavy (non-hydrogen) atoms. The Morgan fingerprint density at radius 2 is 1.88 bits per heavy atom. The lowest BCUT2D eigenvalue weighted by Crippen LogP contribution is -2.48. The van der Waals surface area contributed by atoms with Crippen LogP contribution in [0.4, 0.5) is 5.69 Å². The number of carbonyl (C=O) groups is 2. The minimum Gasteiger partial charge on any atom is -0.324 e. The number of nitrogens with one attached hydrogen (secondary N) is 1. The number of thioether (sulfide) groups is 1. The normalized spacial score (nSPS) is 25.1. The molecule has 2 aromatic rings. The van der Waals surface area contributed by atoms with Crippen molar-refractivity contribution < 1.29 is 9.59 Å². The standard InChI is InChI=1S/C20H20N2O2S/c1-14-7-5-6-10-16(14)21-19(24)17-13-25-20(12-11-18(23)22(17)20)15-8-3-2-4-9-15/h2-10,17H,11-13H2,1H3,(H,21,24)/t17-,20+/m0/s1. The van der Waals surface area contributed by atoms with E-state index in [9.17, 15) is 9.59 Å². The Hall–Kier alpha value is -2.27. The molecular weight excluding hydrogens is 332 g/mol. The van der Waals surface area contributed by atoms with E-state index in [1.807, 2.05) is 54.3 Å². The molecule has 2 aromatic carbocycles. The number of hydrogen-bond acceptors (Lipinski definition) is 3. The van der Waals surface area contributed by atoms with Gasteiger partial charge in [-0.05, 0) is 30.5 Å². The molecule has 2 fully saturated rings. The molecule has 2 heterocycles. The van der Waals surface area contributed by atoms with Gasteiger partial charge in [0.25, 0.3) is 0 Å². The number of anilines is 1. The number of amides is 2. The molecule has 2 aliphatic rings. The molecule has 1 N–H and O–H groups in total. The average Bonchev–Trinajstić information content (AvgIpc) is 3.17. The minimum absolute atomic E-state index is 0.0683. The van der Waals surface area contributed by atoms with Crippen LogP contribution in [-0.4, -0.2) is 28.5 Å². The molecule has 0 unspecified atom stereocenters. The third kappa shape index (κ3) is 2.63. The monoisotopic (exact) mass is 352 g/mol. The van der Waals surface area contributed by atoms with E-state index >= 15 is 0 Å². The van der Waals surface area contributed by atoms with Gasteiger partial charge in [0.1, 0.15) is 10.9 Å². The van der Waals surface area contributed by atoms with Gasteiger partial charge >= 0.3 is 0 Å². The molecule has 0 radical (unpaired) electrons. The number of nitrogens with zero attached hydrogens (tertiary/aromatic N) is 1. The summed E-state index contributed by atoms with van der Waals surface area (Å²) < 4.78 is 0. The maximum Gasteiger partial charge on any atom is 0.248 e. The fraction of sp³-hybridized carbons (Fsp3) is 0.300. The summed E-state index contributed by atoms with van der Waals surface area (Å²) in [5, 5.41) is 3.01. The van der Waals surface area contributed by atoms with E-state index in [-0.39, 0.29) is 11.8 Å². The summed E-state index contributed by atoms with van der Waals surface area (Å²) in [5.74, 6) is 0.590. The summed E-state index contributed by atoms with van der Waals surface area (Å²) in [6.45, 7) is 1.97.